The number of hydrogen-bond donors (Lipinski definition) is 2. The Morgan fingerprint density at radius 3 is 2.21 bits per heavy atom. The molecule has 1 amide bonds. The number of nitrogens with one attached hydrogen (secondary N) is 1. The first-order chi connectivity index (χ1) is 11.1. The van der Waals surface area contributed by atoms with Gasteiger partial charge in [0.1, 0.15) is 0 Å². The van der Waals surface area contributed by atoms with Crippen molar-refractivity contribution in [2.24, 2.45) is 5.73 Å². The summed E-state index contributed by atoms with van der Waals surface area (Å²) in [7, 11) is 0. The number of halogens is 3. The molecule has 2 rings (SSSR count). The number of carbonyl (C=O) groups is 1. The normalized spacial score (nSPS) is 12.1. The van der Waals surface area contributed by atoms with E-state index in [9.17, 15) is 18.0 Å². The lowest BCUT2D eigenvalue weighted by Gasteiger charge is -2.24. The minimum Gasteiger partial charge on any atom is -0.326 e. The van der Waals surface area contributed by atoms with Crippen LogP contribution in [-0.2, 0) is 22.9 Å². The van der Waals surface area contributed by atoms with Crippen molar-refractivity contribution in [3.05, 3.63) is 65.2 Å². The van der Waals surface area contributed by atoms with E-state index in [2.05, 4.69) is 5.32 Å². The summed E-state index contributed by atoms with van der Waals surface area (Å²) in [5.74, 6) is -0.393. The maximum absolute atomic E-state index is 13.0. The minimum atomic E-state index is -4.50. The van der Waals surface area contributed by atoms with E-state index in [1.54, 1.807) is 38.1 Å². The van der Waals surface area contributed by atoms with Crippen LogP contribution in [0, 0.1) is 0 Å². The fraction of sp³-hybridized carbons (Fsp3) is 0.278. The Morgan fingerprint density at radius 1 is 1.04 bits per heavy atom. The van der Waals surface area contributed by atoms with E-state index < -0.39 is 23.1 Å². The molecule has 0 radical (unpaired) electrons. The van der Waals surface area contributed by atoms with Gasteiger partial charge in [0.25, 0.3) is 0 Å². The average Bonchev–Trinajstić information content (AvgIpc) is 2.54. The van der Waals surface area contributed by atoms with Gasteiger partial charge in [0.05, 0.1) is 11.0 Å². The molecule has 128 valence electrons. The highest BCUT2D eigenvalue weighted by Gasteiger charge is 2.33. The van der Waals surface area contributed by atoms with Gasteiger partial charge in [-0.2, -0.15) is 13.2 Å². The molecular weight excluding hydrogens is 317 g/mol. The minimum absolute atomic E-state index is 0.0468. The lowest BCUT2D eigenvalue weighted by atomic mass is 9.83. The summed E-state index contributed by atoms with van der Waals surface area (Å²) in [5, 5.41) is 2.57. The van der Waals surface area contributed by atoms with Crippen molar-refractivity contribution < 1.29 is 18.0 Å². The quantitative estimate of drug-likeness (QED) is 0.884. The van der Waals surface area contributed by atoms with Gasteiger partial charge in [-0.1, -0.05) is 30.3 Å². The highest BCUT2D eigenvalue weighted by molar-refractivity contribution is 5.98. The van der Waals surface area contributed by atoms with Crippen LogP contribution in [-0.4, -0.2) is 5.91 Å². The smallest absolute Gasteiger partial charge is 0.326 e. The van der Waals surface area contributed by atoms with Gasteiger partial charge in [-0.3, -0.25) is 4.79 Å². The van der Waals surface area contributed by atoms with Gasteiger partial charge in [-0.25, -0.2) is 0 Å². The van der Waals surface area contributed by atoms with E-state index in [4.69, 9.17) is 5.73 Å². The molecule has 0 aromatic heterocycles. The molecule has 2 aromatic carbocycles. The molecule has 3 N–H and O–H groups in total. The molecule has 0 aliphatic carbocycles. The molecule has 0 atom stereocenters. The highest BCUT2D eigenvalue weighted by Crippen LogP contribution is 2.33. The third-order valence-electron chi connectivity index (χ3n) is 3.88. The van der Waals surface area contributed by atoms with Crippen LogP contribution in [0.4, 0.5) is 18.9 Å². The summed E-state index contributed by atoms with van der Waals surface area (Å²) >= 11 is 0. The maximum atomic E-state index is 13.0. The molecule has 3 nitrogen and oxygen atoms in total. The zero-order valence-electron chi connectivity index (χ0n) is 13.4. The molecule has 0 aliphatic rings. The molecule has 0 fully saturated rings. The Hall–Kier alpha value is -2.34. The number of benzene rings is 2. The van der Waals surface area contributed by atoms with Crippen molar-refractivity contribution in [3.8, 4) is 0 Å². The van der Waals surface area contributed by atoms with Gasteiger partial charge in [0.2, 0.25) is 5.91 Å². The fourth-order valence-electron chi connectivity index (χ4n) is 2.32. The lowest BCUT2D eigenvalue weighted by molar-refractivity contribution is -0.137. The summed E-state index contributed by atoms with van der Waals surface area (Å²) in [6, 6.07) is 12.4. The van der Waals surface area contributed by atoms with E-state index in [1.165, 1.54) is 6.07 Å². The number of alkyl halides is 3. The van der Waals surface area contributed by atoms with Crippen LogP contribution < -0.4 is 11.1 Å². The molecule has 0 heterocycles. The first-order valence-electron chi connectivity index (χ1n) is 7.43. The highest BCUT2D eigenvalue weighted by atomic mass is 19.4. The molecule has 0 saturated carbocycles. The van der Waals surface area contributed by atoms with Crippen LogP contribution in [0.2, 0.25) is 0 Å². The third kappa shape index (κ3) is 3.94. The van der Waals surface area contributed by atoms with Crippen LogP contribution in [0.1, 0.15) is 30.5 Å². The van der Waals surface area contributed by atoms with Gasteiger partial charge in [0.15, 0.2) is 0 Å². The summed E-state index contributed by atoms with van der Waals surface area (Å²) in [6.07, 6.45) is -4.50. The standard InChI is InChI=1S/C18H19F3N2O/c1-17(2,13-6-4-3-5-7-13)16(24)23-15-9-12(11-22)8-14(10-15)18(19,20)21/h3-10H,11,22H2,1-2H3,(H,23,24). The predicted octanol–water partition coefficient (Wildman–Crippen LogP) is 4.08. The summed E-state index contributed by atoms with van der Waals surface area (Å²) in [6.45, 7) is 3.39. The molecule has 0 bridgehead atoms. The molecule has 2 aromatic rings. The van der Waals surface area contributed by atoms with Gasteiger partial charge in [0, 0.05) is 12.2 Å². The Kier molecular flexibility index (Phi) is 4.99. The van der Waals surface area contributed by atoms with Gasteiger partial charge in [-0.05, 0) is 43.2 Å². The second-order valence-electron chi connectivity index (χ2n) is 6.07. The van der Waals surface area contributed by atoms with E-state index in [0.29, 0.717) is 5.56 Å². The summed E-state index contributed by atoms with van der Waals surface area (Å²) in [5.41, 5.74) is 4.89. The Balaban J connectivity index is 2.32. The van der Waals surface area contributed by atoms with Gasteiger partial charge >= 0.3 is 6.18 Å². The van der Waals surface area contributed by atoms with Crippen molar-refractivity contribution in [2.45, 2.75) is 32.0 Å². The molecule has 0 unspecified atom stereocenters. The first-order valence-corrected chi connectivity index (χ1v) is 7.43. The average molecular weight is 336 g/mol. The third-order valence-corrected chi connectivity index (χ3v) is 3.88. The van der Waals surface area contributed by atoms with Crippen LogP contribution in [0.3, 0.4) is 0 Å². The Bertz CT molecular complexity index is 725. The summed E-state index contributed by atoms with van der Waals surface area (Å²) < 4.78 is 38.9. The Labute approximate surface area is 138 Å². The molecule has 0 spiro atoms. The second-order valence-corrected chi connectivity index (χ2v) is 6.07. The molecular formula is C18H19F3N2O. The number of nitrogens with two attached hydrogens (primary N) is 1. The van der Waals surface area contributed by atoms with Gasteiger partial charge in [-0.15, -0.1) is 0 Å². The SMILES string of the molecule is CC(C)(C(=O)Nc1cc(CN)cc(C(F)(F)F)c1)c1ccccc1. The van der Waals surface area contributed by atoms with E-state index in [0.717, 1.165) is 17.7 Å². The number of carbonyl (C=O) groups excluding carboxylic acids is 1. The first kappa shape index (κ1) is 18.0. The van der Waals surface area contributed by atoms with Crippen LogP contribution >= 0.6 is 0 Å². The van der Waals surface area contributed by atoms with Crippen molar-refractivity contribution >= 4 is 11.6 Å². The fourth-order valence-corrected chi connectivity index (χ4v) is 2.32. The number of anilines is 1. The maximum Gasteiger partial charge on any atom is 0.416 e. The predicted molar refractivity (Wildman–Crippen MR) is 87.4 cm³/mol. The second kappa shape index (κ2) is 6.65. The molecule has 0 saturated heterocycles. The summed E-state index contributed by atoms with van der Waals surface area (Å²) in [4.78, 5) is 12.6. The number of amides is 1. The lowest BCUT2D eigenvalue weighted by Crippen LogP contribution is -2.34. The largest absolute Gasteiger partial charge is 0.416 e. The zero-order valence-corrected chi connectivity index (χ0v) is 13.4. The molecule has 24 heavy (non-hydrogen) atoms. The van der Waals surface area contributed by atoms with Gasteiger partial charge < -0.3 is 11.1 Å². The van der Waals surface area contributed by atoms with Crippen molar-refractivity contribution in [2.75, 3.05) is 5.32 Å². The van der Waals surface area contributed by atoms with Crippen LogP contribution in [0.25, 0.3) is 0 Å². The van der Waals surface area contributed by atoms with Crippen molar-refractivity contribution in [1.82, 2.24) is 0 Å². The van der Waals surface area contributed by atoms with Crippen LogP contribution in [0.15, 0.2) is 48.5 Å². The number of hydrogen-bond acceptors (Lipinski definition) is 2. The monoisotopic (exact) mass is 336 g/mol. The van der Waals surface area contributed by atoms with Crippen LogP contribution in [0.5, 0.6) is 0 Å². The topological polar surface area (TPSA) is 55.1 Å². The zero-order chi connectivity index (χ0) is 18.0. The van der Waals surface area contributed by atoms with E-state index >= 15 is 0 Å². The Morgan fingerprint density at radius 2 is 1.67 bits per heavy atom. The van der Waals surface area contributed by atoms with Crippen molar-refractivity contribution in [3.63, 3.8) is 0 Å². The number of rotatable bonds is 4. The van der Waals surface area contributed by atoms with E-state index in [1.807, 2.05) is 6.07 Å². The molecule has 6 heteroatoms. The van der Waals surface area contributed by atoms with Crippen molar-refractivity contribution in [1.29, 1.82) is 0 Å². The molecule has 0 aliphatic heterocycles. The van der Waals surface area contributed by atoms with E-state index in [-0.39, 0.29) is 12.2 Å².